The highest BCUT2D eigenvalue weighted by atomic mass is 32.1. The fourth-order valence-corrected chi connectivity index (χ4v) is 2.31. The van der Waals surface area contributed by atoms with Gasteiger partial charge in [-0.1, -0.05) is 12.1 Å². The summed E-state index contributed by atoms with van der Waals surface area (Å²) in [7, 11) is 0. The summed E-state index contributed by atoms with van der Waals surface area (Å²) >= 11 is 1.26. The van der Waals surface area contributed by atoms with Gasteiger partial charge in [0.05, 0.1) is 11.7 Å². The number of amides is 1. The number of thiazole rings is 1. The van der Waals surface area contributed by atoms with Crippen LogP contribution in [-0.4, -0.2) is 17.5 Å². The highest BCUT2D eigenvalue weighted by Crippen LogP contribution is 2.26. The number of aromatic nitrogens is 1. The number of alkyl halides is 2. The number of rotatable bonds is 5. The minimum Gasteiger partial charge on any atom is -0.433 e. The van der Waals surface area contributed by atoms with Crippen LogP contribution in [0.3, 0.4) is 0 Å². The molecule has 3 N–H and O–H groups in total. The zero-order chi connectivity index (χ0) is 15.4. The molecule has 1 aromatic heterocycles. The predicted molar refractivity (Wildman–Crippen MR) is 75.7 cm³/mol. The van der Waals surface area contributed by atoms with E-state index in [2.05, 4.69) is 15.0 Å². The third-order valence-electron chi connectivity index (χ3n) is 2.50. The molecule has 1 amide bonds. The molecule has 0 fully saturated rings. The van der Waals surface area contributed by atoms with Crippen molar-refractivity contribution in [2.24, 2.45) is 5.73 Å². The molecule has 21 heavy (non-hydrogen) atoms. The van der Waals surface area contributed by atoms with Gasteiger partial charge in [0.2, 0.25) is 0 Å². The smallest absolute Gasteiger partial charge is 0.387 e. The van der Waals surface area contributed by atoms with Gasteiger partial charge in [-0.2, -0.15) is 8.78 Å². The van der Waals surface area contributed by atoms with Crippen molar-refractivity contribution >= 4 is 22.9 Å². The molecule has 0 saturated heterocycles. The molecule has 2 aromatic rings. The number of para-hydroxylation sites is 2. The molecule has 5 nitrogen and oxygen atoms in total. The van der Waals surface area contributed by atoms with E-state index >= 15 is 0 Å². The van der Waals surface area contributed by atoms with E-state index in [9.17, 15) is 13.6 Å². The number of hydrogen-bond donors (Lipinski definition) is 2. The first-order chi connectivity index (χ1) is 9.97. The van der Waals surface area contributed by atoms with E-state index in [0.717, 1.165) is 0 Å². The van der Waals surface area contributed by atoms with Gasteiger partial charge in [-0.15, -0.1) is 11.3 Å². The largest absolute Gasteiger partial charge is 0.433 e. The number of anilines is 1. The van der Waals surface area contributed by atoms with Gasteiger partial charge in [-0.3, -0.25) is 4.79 Å². The Kier molecular flexibility index (Phi) is 4.81. The van der Waals surface area contributed by atoms with E-state index in [1.807, 2.05) is 0 Å². The minimum absolute atomic E-state index is 0.108. The molecule has 2 rings (SSSR count). The number of halogens is 2. The van der Waals surface area contributed by atoms with E-state index in [4.69, 9.17) is 5.73 Å². The third-order valence-corrected chi connectivity index (χ3v) is 3.54. The Morgan fingerprint density at radius 3 is 2.76 bits per heavy atom. The second-order valence-electron chi connectivity index (χ2n) is 4.19. The summed E-state index contributed by atoms with van der Waals surface area (Å²) in [5.41, 5.74) is 6.00. The zero-order valence-corrected chi connectivity index (χ0v) is 11.9. The van der Waals surface area contributed by atoms with E-state index in [1.165, 1.54) is 29.5 Å². The lowest BCUT2D eigenvalue weighted by molar-refractivity contribution is -0.0493. The van der Waals surface area contributed by atoms with E-state index in [-0.39, 0.29) is 23.2 Å². The Morgan fingerprint density at radius 2 is 2.14 bits per heavy atom. The maximum atomic E-state index is 12.3. The molecule has 1 unspecified atom stereocenters. The van der Waals surface area contributed by atoms with Crippen molar-refractivity contribution in [3.05, 3.63) is 40.3 Å². The van der Waals surface area contributed by atoms with Crippen LogP contribution in [0, 0.1) is 0 Å². The number of nitrogens with one attached hydrogen (secondary N) is 1. The summed E-state index contributed by atoms with van der Waals surface area (Å²) in [6.07, 6.45) is 0. The Hall–Kier alpha value is -2.06. The average molecular weight is 313 g/mol. The molecule has 0 aliphatic carbocycles. The molecule has 0 radical (unpaired) electrons. The van der Waals surface area contributed by atoms with Gasteiger partial charge >= 0.3 is 6.61 Å². The lowest BCUT2D eigenvalue weighted by atomic mass is 10.3. The van der Waals surface area contributed by atoms with Crippen molar-refractivity contribution in [3.8, 4) is 5.75 Å². The van der Waals surface area contributed by atoms with Crippen molar-refractivity contribution in [1.29, 1.82) is 0 Å². The Bertz CT molecular complexity index is 631. The van der Waals surface area contributed by atoms with Gasteiger partial charge in [-0.25, -0.2) is 4.98 Å². The molecule has 0 saturated carbocycles. The topological polar surface area (TPSA) is 77.2 Å². The van der Waals surface area contributed by atoms with Gasteiger partial charge in [0.1, 0.15) is 16.5 Å². The zero-order valence-electron chi connectivity index (χ0n) is 11.0. The van der Waals surface area contributed by atoms with Crippen LogP contribution >= 0.6 is 11.3 Å². The summed E-state index contributed by atoms with van der Waals surface area (Å²) in [6.45, 7) is -1.21. The second kappa shape index (κ2) is 6.59. The number of benzene rings is 1. The molecule has 1 aromatic carbocycles. The minimum atomic E-state index is -2.97. The first kappa shape index (κ1) is 15.3. The molecule has 0 bridgehead atoms. The van der Waals surface area contributed by atoms with Crippen molar-refractivity contribution in [1.82, 2.24) is 4.98 Å². The van der Waals surface area contributed by atoms with Crippen LogP contribution in [0.4, 0.5) is 14.5 Å². The normalized spacial score (nSPS) is 12.2. The predicted octanol–water partition coefficient (Wildman–Crippen LogP) is 3.02. The molecule has 0 aliphatic rings. The molecule has 112 valence electrons. The second-order valence-corrected chi connectivity index (χ2v) is 5.08. The average Bonchev–Trinajstić information content (AvgIpc) is 2.90. The maximum absolute atomic E-state index is 12.3. The molecule has 0 aliphatic heterocycles. The van der Waals surface area contributed by atoms with Crippen LogP contribution in [0.25, 0.3) is 0 Å². The van der Waals surface area contributed by atoms with Gasteiger partial charge < -0.3 is 15.8 Å². The first-order valence-electron chi connectivity index (χ1n) is 6.03. The Morgan fingerprint density at radius 1 is 1.43 bits per heavy atom. The summed E-state index contributed by atoms with van der Waals surface area (Å²) in [6, 6.07) is 5.67. The van der Waals surface area contributed by atoms with Crippen LogP contribution in [0.2, 0.25) is 0 Å². The summed E-state index contributed by atoms with van der Waals surface area (Å²) in [5, 5.41) is 4.67. The van der Waals surface area contributed by atoms with Crippen LogP contribution in [-0.2, 0) is 0 Å². The molecular weight excluding hydrogens is 300 g/mol. The van der Waals surface area contributed by atoms with Crippen molar-refractivity contribution in [2.75, 3.05) is 5.32 Å². The molecule has 1 heterocycles. The monoisotopic (exact) mass is 313 g/mol. The van der Waals surface area contributed by atoms with Crippen LogP contribution < -0.4 is 15.8 Å². The lowest BCUT2D eigenvalue weighted by Crippen LogP contribution is -2.15. The highest BCUT2D eigenvalue weighted by molar-refractivity contribution is 7.09. The summed E-state index contributed by atoms with van der Waals surface area (Å²) in [5.74, 6) is -0.619. The van der Waals surface area contributed by atoms with Gasteiger partial charge in [0, 0.05) is 5.38 Å². The SMILES string of the molecule is CC(N)c1nc(C(=O)Nc2ccccc2OC(F)F)cs1. The fourth-order valence-electron chi connectivity index (χ4n) is 1.56. The van der Waals surface area contributed by atoms with E-state index < -0.39 is 12.5 Å². The van der Waals surface area contributed by atoms with Crippen LogP contribution in [0.15, 0.2) is 29.6 Å². The molecule has 8 heteroatoms. The van der Waals surface area contributed by atoms with Crippen molar-refractivity contribution < 1.29 is 18.3 Å². The van der Waals surface area contributed by atoms with Gasteiger partial charge in [0.15, 0.2) is 0 Å². The van der Waals surface area contributed by atoms with E-state index in [1.54, 1.807) is 18.4 Å². The first-order valence-corrected chi connectivity index (χ1v) is 6.91. The standard InChI is InChI=1S/C13H13F2N3O2S/c1-7(16)12-18-9(6-21-12)11(19)17-8-4-2-3-5-10(8)20-13(14)15/h2-7,13H,16H2,1H3,(H,17,19). The third kappa shape index (κ3) is 3.96. The summed E-state index contributed by atoms with van der Waals surface area (Å²) < 4.78 is 28.9. The number of carbonyl (C=O) groups is 1. The van der Waals surface area contributed by atoms with Gasteiger partial charge in [-0.05, 0) is 19.1 Å². The number of carbonyl (C=O) groups excluding carboxylic acids is 1. The molecular formula is C13H13F2N3O2S. The number of nitrogens with two attached hydrogens (primary N) is 1. The lowest BCUT2D eigenvalue weighted by Gasteiger charge is -2.10. The summed E-state index contributed by atoms with van der Waals surface area (Å²) in [4.78, 5) is 16.1. The van der Waals surface area contributed by atoms with Crippen LogP contribution in [0.1, 0.15) is 28.5 Å². The number of nitrogens with zero attached hydrogens (tertiary/aromatic N) is 1. The Labute approximate surface area is 123 Å². The van der Waals surface area contributed by atoms with Crippen molar-refractivity contribution in [3.63, 3.8) is 0 Å². The number of ether oxygens (including phenoxy) is 1. The van der Waals surface area contributed by atoms with E-state index in [0.29, 0.717) is 5.01 Å². The molecule has 0 spiro atoms. The Balaban J connectivity index is 2.15. The van der Waals surface area contributed by atoms with Gasteiger partial charge in [0.25, 0.3) is 5.91 Å². The quantitative estimate of drug-likeness (QED) is 0.889. The maximum Gasteiger partial charge on any atom is 0.387 e. The van der Waals surface area contributed by atoms with Crippen LogP contribution in [0.5, 0.6) is 5.75 Å². The molecule has 1 atom stereocenters. The fraction of sp³-hybridized carbons (Fsp3) is 0.231. The number of hydrogen-bond acceptors (Lipinski definition) is 5. The highest BCUT2D eigenvalue weighted by Gasteiger charge is 2.16. The van der Waals surface area contributed by atoms with Crippen molar-refractivity contribution in [2.45, 2.75) is 19.6 Å².